The van der Waals surface area contributed by atoms with E-state index in [1.54, 1.807) is 18.3 Å². The van der Waals surface area contributed by atoms with Gasteiger partial charge in [-0.15, -0.1) is 0 Å². The highest BCUT2D eigenvalue weighted by Gasteiger charge is 2.00. The second-order valence-corrected chi connectivity index (χ2v) is 2.77. The molecule has 0 aliphatic rings. The fourth-order valence-electron chi connectivity index (χ4n) is 0.577. The Bertz CT molecular complexity index is 287. The van der Waals surface area contributed by atoms with Crippen LogP contribution in [0.1, 0.15) is 10.4 Å². The molecule has 0 bridgehead atoms. The summed E-state index contributed by atoms with van der Waals surface area (Å²) in [5.74, 6) is -0.534. The van der Waals surface area contributed by atoms with Crippen LogP contribution < -0.4 is 8.40 Å². The molecule has 0 unspecified atom stereocenters. The van der Waals surface area contributed by atoms with Gasteiger partial charge in [0.25, 0.3) is 0 Å². The zero-order chi connectivity index (χ0) is 11.0. The maximum absolute atomic E-state index is 10.6. The number of hydrogen-bond donors (Lipinski definition) is 1. The van der Waals surface area contributed by atoms with Gasteiger partial charge in [-0.05, 0) is 16.3 Å². The van der Waals surface area contributed by atoms with Crippen molar-refractivity contribution >= 4 is 12.1 Å². The standard InChI is InChI=1S/C7H5NO2.BrHO3/c9-5-7(10)6-2-1-3-8-4-6;2-1(3)4/h1-5H;2H. The van der Waals surface area contributed by atoms with Crippen molar-refractivity contribution < 1.29 is 37.0 Å². The van der Waals surface area contributed by atoms with Crippen molar-refractivity contribution in [1.82, 2.24) is 4.98 Å². The van der Waals surface area contributed by atoms with Gasteiger partial charge in [-0.1, -0.05) is 0 Å². The van der Waals surface area contributed by atoms with Gasteiger partial charge >= 0.3 is 14.8 Å². The third-order valence-electron chi connectivity index (χ3n) is 1.05. The van der Waals surface area contributed by atoms with E-state index in [4.69, 9.17) is 12.6 Å². The van der Waals surface area contributed by atoms with E-state index >= 15 is 0 Å². The molecule has 0 saturated heterocycles. The summed E-state index contributed by atoms with van der Waals surface area (Å²) < 4.78 is 24.3. The van der Waals surface area contributed by atoms with Gasteiger partial charge in [0.1, 0.15) is 0 Å². The zero-order valence-corrected chi connectivity index (χ0v) is 8.38. The molecule has 0 saturated carbocycles. The van der Waals surface area contributed by atoms with Crippen LogP contribution in [0.3, 0.4) is 0 Å². The molecule has 6 nitrogen and oxygen atoms in total. The van der Waals surface area contributed by atoms with Gasteiger partial charge in [0.15, 0.2) is 6.29 Å². The number of carbonyl (C=O) groups is 2. The predicted octanol–water partition coefficient (Wildman–Crippen LogP) is -2.47. The predicted molar refractivity (Wildman–Crippen MR) is 36.9 cm³/mol. The molecular formula is C7H6BrNO5. The van der Waals surface area contributed by atoms with E-state index in [-0.39, 0.29) is 6.29 Å². The summed E-state index contributed by atoms with van der Waals surface area (Å²) in [7, 11) is 0. The van der Waals surface area contributed by atoms with Crippen LogP contribution in [0.15, 0.2) is 24.5 Å². The van der Waals surface area contributed by atoms with Crippen molar-refractivity contribution in [2.24, 2.45) is 0 Å². The van der Waals surface area contributed by atoms with Gasteiger partial charge in [0.2, 0.25) is 5.78 Å². The van der Waals surface area contributed by atoms with Crippen LogP contribution in [0, 0.1) is 14.8 Å². The van der Waals surface area contributed by atoms with E-state index in [1.165, 1.54) is 6.20 Å². The van der Waals surface area contributed by atoms with Crippen molar-refractivity contribution in [3.8, 4) is 0 Å². The summed E-state index contributed by atoms with van der Waals surface area (Å²) in [6.07, 6.45) is 3.18. The van der Waals surface area contributed by atoms with Crippen LogP contribution in [-0.2, 0) is 4.79 Å². The second-order valence-electron chi connectivity index (χ2n) is 1.92. The molecule has 1 heterocycles. The lowest BCUT2D eigenvalue weighted by Gasteiger charge is -1.87. The first-order chi connectivity index (χ1) is 6.57. The lowest BCUT2D eigenvalue weighted by Crippen LogP contribution is -2.30. The fraction of sp³-hybridized carbons (Fsp3) is 0. The van der Waals surface area contributed by atoms with Gasteiger partial charge < -0.3 is 8.40 Å². The van der Waals surface area contributed by atoms with Crippen LogP contribution in [0.5, 0.6) is 0 Å². The molecule has 0 atom stereocenters. The van der Waals surface area contributed by atoms with Gasteiger partial charge in [0, 0.05) is 18.0 Å². The maximum atomic E-state index is 10.6. The van der Waals surface area contributed by atoms with Crippen LogP contribution in [0.25, 0.3) is 0 Å². The molecule has 0 amide bonds. The van der Waals surface area contributed by atoms with Crippen molar-refractivity contribution in [3.05, 3.63) is 30.1 Å². The second kappa shape index (κ2) is 7.27. The highest BCUT2D eigenvalue weighted by molar-refractivity contribution is 6.33. The summed E-state index contributed by atoms with van der Waals surface area (Å²) in [4.78, 5) is 24.2. The van der Waals surface area contributed by atoms with Crippen LogP contribution >= 0.6 is 0 Å². The topological polar surface area (TPSA) is 113 Å². The average molecular weight is 264 g/mol. The van der Waals surface area contributed by atoms with Crippen molar-refractivity contribution in [2.45, 2.75) is 0 Å². The Kier molecular flexibility index (Phi) is 6.68. The van der Waals surface area contributed by atoms with Crippen LogP contribution in [0.2, 0.25) is 0 Å². The van der Waals surface area contributed by atoms with Crippen molar-refractivity contribution in [1.29, 1.82) is 0 Å². The average Bonchev–Trinajstić information content (AvgIpc) is 2.17. The minimum absolute atomic E-state index is 0.275. The number of carbonyl (C=O) groups excluding carboxylic acids is 2. The normalized spacial score (nSPS) is 8.86. The largest absolute Gasteiger partial charge is 0.433 e. The van der Waals surface area contributed by atoms with Crippen LogP contribution in [-0.4, -0.2) is 21.3 Å². The molecule has 0 radical (unpaired) electrons. The van der Waals surface area contributed by atoms with Crippen molar-refractivity contribution in [3.63, 3.8) is 0 Å². The van der Waals surface area contributed by atoms with E-state index in [2.05, 4.69) is 4.98 Å². The molecule has 0 fully saturated rings. The van der Waals surface area contributed by atoms with E-state index in [0.29, 0.717) is 5.56 Å². The molecular weight excluding hydrogens is 258 g/mol. The number of halogens is 1. The minimum Gasteiger partial charge on any atom is -0.372 e. The quantitative estimate of drug-likeness (QED) is 0.359. The molecule has 76 valence electrons. The molecule has 1 rings (SSSR count). The molecule has 0 aromatic carbocycles. The monoisotopic (exact) mass is 263 g/mol. The minimum atomic E-state index is -3.40. The first-order valence-corrected chi connectivity index (χ1v) is 5.22. The third kappa shape index (κ3) is 6.38. The number of aromatic nitrogens is 1. The van der Waals surface area contributed by atoms with E-state index in [1.807, 2.05) is 0 Å². The number of aldehydes is 1. The fourth-order valence-corrected chi connectivity index (χ4v) is 0.577. The van der Waals surface area contributed by atoms with E-state index < -0.39 is 20.6 Å². The number of Topliss-reactive ketones (excluding diaryl/α,β-unsaturated/α-hetero) is 1. The van der Waals surface area contributed by atoms with Gasteiger partial charge in [-0.2, -0.15) is 0 Å². The SMILES string of the molecule is O=CC(=O)c1cccnc1.[O-][Br+2]([O-])O. The number of ketones is 1. The number of hydrogen-bond acceptors (Lipinski definition) is 6. The Balaban J connectivity index is 0.000000364. The molecule has 0 spiro atoms. The molecule has 1 aromatic heterocycles. The Morgan fingerprint density at radius 2 is 2.14 bits per heavy atom. The Morgan fingerprint density at radius 3 is 2.50 bits per heavy atom. The summed E-state index contributed by atoms with van der Waals surface area (Å²) in [5.41, 5.74) is 0.331. The zero-order valence-electron chi connectivity index (χ0n) is 6.79. The van der Waals surface area contributed by atoms with E-state index in [9.17, 15) is 9.59 Å². The number of pyridine rings is 1. The Morgan fingerprint density at radius 1 is 1.57 bits per heavy atom. The first-order valence-electron chi connectivity index (χ1n) is 3.22. The number of nitrogens with zero attached hydrogens (tertiary/aromatic N) is 1. The molecule has 1 N–H and O–H groups in total. The maximum Gasteiger partial charge on any atom is 0.433 e. The Labute approximate surface area is 84.7 Å². The Hall–Kier alpha value is -1.15. The van der Waals surface area contributed by atoms with E-state index in [0.717, 1.165) is 0 Å². The molecule has 0 aliphatic carbocycles. The van der Waals surface area contributed by atoms with Gasteiger partial charge in [-0.3, -0.25) is 14.6 Å². The molecule has 0 aliphatic heterocycles. The van der Waals surface area contributed by atoms with Gasteiger partial charge in [0.05, 0.1) is 0 Å². The van der Waals surface area contributed by atoms with Gasteiger partial charge in [-0.25, -0.2) is 0 Å². The lowest BCUT2D eigenvalue weighted by molar-refractivity contribution is -1.63. The number of rotatable bonds is 2. The van der Waals surface area contributed by atoms with Crippen LogP contribution in [0.4, 0.5) is 0 Å². The molecule has 14 heavy (non-hydrogen) atoms. The smallest absolute Gasteiger partial charge is 0.372 e. The summed E-state index contributed by atoms with van der Waals surface area (Å²) in [6, 6.07) is 3.15. The molecule has 1 aromatic rings. The highest BCUT2D eigenvalue weighted by atomic mass is 80.0. The first kappa shape index (κ1) is 12.8. The summed E-state index contributed by atoms with van der Waals surface area (Å²) in [5, 5.41) is 0. The third-order valence-corrected chi connectivity index (χ3v) is 1.05. The summed E-state index contributed by atoms with van der Waals surface area (Å²) in [6.45, 7) is 0. The summed E-state index contributed by atoms with van der Waals surface area (Å²) >= 11 is -3.40. The van der Waals surface area contributed by atoms with Crippen molar-refractivity contribution in [2.75, 3.05) is 0 Å². The lowest BCUT2D eigenvalue weighted by atomic mass is 10.2. The highest BCUT2D eigenvalue weighted by Crippen LogP contribution is 1.93. The molecule has 7 heteroatoms.